The molecule has 24 heavy (non-hydrogen) atoms. The number of carbonyl (C=O) groups is 3. The topological polar surface area (TPSA) is 92.5 Å². The van der Waals surface area contributed by atoms with Crippen LogP contribution in [0.3, 0.4) is 0 Å². The molecule has 0 spiro atoms. The fourth-order valence-electron chi connectivity index (χ4n) is 3.10. The van der Waals surface area contributed by atoms with E-state index in [9.17, 15) is 14.4 Å². The molecule has 130 valence electrons. The SMILES string of the molecule is CCCC(=O)N1CCC(C(=O)Nc2cccc(C)c2C(N)=O)CC1. The van der Waals surface area contributed by atoms with Gasteiger partial charge in [-0.05, 0) is 37.8 Å². The summed E-state index contributed by atoms with van der Waals surface area (Å²) in [6, 6.07) is 5.25. The highest BCUT2D eigenvalue weighted by Gasteiger charge is 2.27. The lowest BCUT2D eigenvalue weighted by Gasteiger charge is -2.31. The highest BCUT2D eigenvalue weighted by atomic mass is 16.2. The molecule has 0 atom stereocenters. The third-order valence-electron chi connectivity index (χ3n) is 4.46. The maximum absolute atomic E-state index is 12.5. The van der Waals surface area contributed by atoms with Crippen LogP contribution in [0.4, 0.5) is 5.69 Å². The lowest BCUT2D eigenvalue weighted by molar-refractivity contribution is -0.134. The molecule has 1 aromatic rings. The van der Waals surface area contributed by atoms with Crippen molar-refractivity contribution in [3.8, 4) is 0 Å². The molecular weight excluding hydrogens is 306 g/mol. The first-order valence-corrected chi connectivity index (χ1v) is 8.42. The van der Waals surface area contributed by atoms with Gasteiger partial charge in [-0.1, -0.05) is 19.1 Å². The van der Waals surface area contributed by atoms with Crippen LogP contribution < -0.4 is 11.1 Å². The van der Waals surface area contributed by atoms with Gasteiger partial charge in [0.1, 0.15) is 0 Å². The van der Waals surface area contributed by atoms with Crippen LogP contribution in [0.15, 0.2) is 18.2 Å². The number of hydrogen-bond donors (Lipinski definition) is 2. The number of nitrogens with zero attached hydrogens (tertiary/aromatic N) is 1. The average molecular weight is 331 g/mol. The molecule has 1 aliphatic rings. The molecule has 1 heterocycles. The number of nitrogens with one attached hydrogen (secondary N) is 1. The lowest BCUT2D eigenvalue weighted by Crippen LogP contribution is -2.41. The zero-order valence-electron chi connectivity index (χ0n) is 14.3. The van der Waals surface area contributed by atoms with Crippen LogP contribution in [-0.2, 0) is 9.59 Å². The van der Waals surface area contributed by atoms with Crippen molar-refractivity contribution in [1.82, 2.24) is 4.90 Å². The van der Waals surface area contributed by atoms with Gasteiger partial charge in [0.2, 0.25) is 11.8 Å². The quantitative estimate of drug-likeness (QED) is 0.865. The Bertz CT molecular complexity index is 634. The van der Waals surface area contributed by atoms with Gasteiger partial charge in [0.25, 0.3) is 5.91 Å². The first kappa shape index (κ1) is 18.0. The van der Waals surface area contributed by atoms with Crippen LogP contribution in [0.1, 0.15) is 48.5 Å². The number of primary amides is 1. The normalized spacial score (nSPS) is 15.2. The molecule has 3 amide bonds. The van der Waals surface area contributed by atoms with E-state index in [1.165, 1.54) is 0 Å². The number of nitrogens with two attached hydrogens (primary N) is 1. The second kappa shape index (κ2) is 7.95. The van der Waals surface area contributed by atoms with Crippen LogP contribution in [0, 0.1) is 12.8 Å². The van der Waals surface area contributed by atoms with Gasteiger partial charge in [-0.3, -0.25) is 14.4 Å². The van der Waals surface area contributed by atoms with E-state index in [2.05, 4.69) is 5.32 Å². The predicted molar refractivity (Wildman–Crippen MR) is 92.5 cm³/mol. The molecule has 1 fully saturated rings. The first-order chi connectivity index (χ1) is 11.4. The summed E-state index contributed by atoms with van der Waals surface area (Å²) in [5.41, 5.74) is 6.96. The second-order valence-electron chi connectivity index (χ2n) is 6.26. The fourth-order valence-corrected chi connectivity index (χ4v) is 3.10. The molecule has 0 saturated carbocycles. The Labute approximate surface area is 142 Å². The van der Waals surface area contributed by atoms with Crippen molar-refractivity contribution in [2.75, 3.05) is 18.4 Å². The van der Waals surface area contributed by atoms with Gasteiger partial charge in [0, 0.05) is 25.4 Å². The summed E-state index contributed by atoms with van der Waals surface area (Å²) in [6.45, 7) is 4.98. The van der Waals surface area contributed by atoms with E-state index in [0.29, 0.717) is 43.6 Å². The summed E-state index contributed by atoms with van der Waals surface area (Å²) in [4.78, 5) is 37.8. The number of anilines is 1. The van der Waals surface area contributed by atoms with Gasteiger partial charge in [-0.2, -0.15) is 0 Å². The summed E-state index contributed by atoms with van der Waals surface area (Å²) in [6.07, 6.45) is 2.67. The maximum Gasteiger partial charge on any atom is 0.251 e. The zero-order chi connectivity index (χ0) is 17.7. The van der Waals surface area contributed by atoms with Crippen LogP contribution in [0.5, 0.6) is 0 Å². The molecule has 6 heteroatoms. The molecule has 0 bridgehead atoms. The number of likely N-dealkylation sites (tertiary alicyclic amines) is 1. The lowest BCUT2D eigenvalue weighted by atomic mass is 9.95. The largest absolute Gasteiger partial charge is 0.366 e. The Hall–Kier alpha value is -2.37. The summed E-state index contributed by atoms with van der Waals surface area (Å²) < 4.78 is 0. The minimum absolute atomic E-state index is 0.120. The molecule has 0 aromatic heterocycles. The summed E-state index contributed by atoms with van der Waals surface area (Å²) in [5.74, 6) is -0.669. The second-order valence-corrected chi connectivity index (χ2v) is 6.26. The van der Waals surface area contributed by atoms with E-state index < -0.39 is 5.91 Å². The van der Waals surface area contributed by atoms with Gasteiger partial charge in [0.05, 0.1) is 11.3 Å². The van der Waals surface area contributed by atoms with Crippen LogP contribution in [0.2, 0.25) is 0 Å². The van der Waals surface area contributed by atoms with Crippen LogP contribution in [0.25, 0.3) is 0 Å². The van der Waals surface area contributed by atoms with E-state index in [0.717, 1.165) is 12.0 Å². The number of piperidine rings is 1. The molecular formula is C18H25N3O3. The van der Waals surface area contributed by atoms with Crippen molar-refractivity contribution < 1.29 is 14.4 Å². The molecule has 2 rings (SSSR count). The average Bonchev–Trinajstić information content (AvgIpc) is 2.55. The summed E-state index contributed by atoms with van der Waals surface area (Å²) in [7, 11) is 0. The monoisotopic (exact) mass is 331 g/mol. The minimum Gasteiger partial charge on any atom is -0.366 e. The van der Waals surface area contributed by atoms with Gasteiger partial charge in [-0.25, -0.2) is 0 Å². The highest BCUT2D eigenvalue weighted by molar-refractivity contribution is 6.04. The molecule has 3 N–H and O–H groups in total. The third-order valence-corrected chi connectivity index (χ3v) is 4.46. The maximum atomic E-state index is 12.5. The predicted octanol–water partition coefficient (Wildman–Crippen LogP) is 2.07. The number of amides is 3. The Morgan fingerprint density at radius 3 is 2.50 bits per heavy atom. The molecule has 6 nitrogen and oxygen atoms in total. The molecule has 0 aliphatic carbocycles. The number of benzene rings is 1. The van der Waals surface area contributed by atoms with Crippen molar-refractivity contribution in [3.05, 3.63) is 29.3 Å². The van der Waals surface area contributed by atoms with Crippen molar-refractivity contribution >= 4 is 23.4 Å². The number of hydrogen-bond acceptors (Lipinski definition) is 3. The van der Waals surface area contributed by atoms with Gasteiger partial charge < -0.3 is 16.0 Å². The Kier molecular flexibility index (Phi) is 5.95. The molecule has 1 aliphatic heterocycles. The van der Waals surface area contributed by atoms with Crippen molar-refractivity contribution in [2.45, 2.75) is 39.5 Å². The number of aryl methyl sites for hydroxylation is 1. The van der Waals surface area contributed by atoms with E-state index in [1.54, 1.807) is 25.1 Å². The minimum atomic E-state index is -0.552. The van der Waals surface area contributed by atoms with E-state index in [4.69, 9.17) is 5.73 Å². The Morgan fingerprint density at radius 1 is 1.25 bits per heavy atom. The van der Waals surface area contributed by atoms with Gasteiger partial charge in [-0.15, -0.1) is 0 Å². The Balaban J connectivity index is 1.99. The summed E-state index contributed by atoms with van der Waals surface area (Å²) in [5, 5.41) is 2.83. The van der Waals surface area contributed by atoms with Gasteiger partial charge in [0.15, 0.2) is 0 Å². The van der Waals surface area contributed by atoms with E-state index in [1.807, 2.05) is 11.8 Å². The molecule has 1 saturated heterocycles. The number of carbonyl (C=O) groups excluding carboxylic acids is 3. The van der Waals surface area contributed by atoms with Crippen molar-refractivity contribution in [3.63, 3.8) is 0 Å². The summed E-state index contributed by atoms with van der Waals surface area (Å²) >= 11 is 0. The van der Waals surface area contributed by atoms with Gasteiger partial charge >= 0.3 is 0 Å². The fraction of sp³-hybridized carbons (Fsp3) is 0.500. The third kappa shape index (κ3) is 4.13. The Morgan fingerprint density at radius 2 is 1.92 bits per heavy atom. The molecule has 0 radical (unpaired) electrons. The molecule has 1 aromatic carbocycles. The highest BCUT2D eigenvalue weighted by Crippen LogP contribution is 2.23. The number of rotatable bonds is 5. The zero-order valence-corrected chi connectivity index (χ0v) is 14.3. The standard InChI is InChI=1S/C18H25N3O3/c1-3-5-15(22)21-10-8-13(9-11-21)18(24)20-14-7-4-6-12(2)16(14)17(19)23/h4,6-7,13H,3,5,8-11H2,1-2H3,(H2,19,23)(H,20,24). The smallest absolute Gasteiger partial charge is 0.251 e. The van der Waals surface area contributed by atoms with E-state index in [-0.39, 0.29) is 17.7 Å². The van der Waals surface area contributed by atoms with Crippen LogP contribution >= 0.6 is 0 Å². The van der Waals surface area contributed by atoms with Crippen molar-refractivity contribution in [2.24, 2.45) is 11.7 Å². The first-order valence-electron chi connectivity index (χ1n) is 8.42. The van der Waals surface area contributed by atoms with Crippen molar-refractivity contribution in [1.29, 1.82) is 0 Å². The van der Waals surface area contributed by atoms with E-state index >= 15 is 0 Å². The van der Waals surface area contributed by atoms with Crippen LogP contribution in [-0.4, -0.2) is 35.7 Å². The molecule has 0 unspecified atom stereocenters.